The number of nitrogens with one attached hydrogen (secondary N) is 1. The molecule has 2 unspecified atom stereocenters. The Balaban J connectivity index is 1.94. The zero-order chi connectivity index (χ0) is 9.80. The van der Waals surface area contributed by atoms with Gasteiger partial charge in [0.25, 0.3) is 0 Å². The van der Waals surface area contributed by atoms with E-state index < -0.39 is 10.8 Å². The summed E-state index contributed by atoms with van der Waals surface area (Å²) in [6.45, 7) is 0. The van der Waals surface area contributed by atoms with Gasteiger partial charge in [0.2, 0.25) is 0 Å². The van der Waals surface area contributed by atoms with Gasteiger partial charge < -0.3 is 5.32 Å². The highest BCUT2D eigenvalue weighted by Crippen LogP contribution is 2.15. The lowest BCUT2D eigenvalue weighted by atomic mass is 10.2. The van der Waals surface area contributed by atoms with Gasteiger partial charge in [-0.05, 0) is 25.0 Å². The van der Waals surface area contributed by atoms with Gasteiger partial charge in [0.05, 0.1) is 0 Å². The van der Waals surface area contributed by atoms with Crippen molar-refractivity contribution < 1.29 is 4.21 Å². The van der Waals surface area contributed by atoms with Gasteiger partial charge in [0.1, 0.15) is 0 Å². The Bertz CT molecular complexity index is 312. The average molecular weight is 209 g/mol. The highest BCUT2D eigenvalue weighted by Gasteiger charge is 2.17. The molecule has 3 heteroatoms. The van der Waals surface area contributed by atoms with Crippen molar-refractivity contribution in [2.24, 2.45) is 0 Å². The lowest BCUT2D eigenvalue weighted by Gasteiger charge is -2.23. The third kappa shape index (κ3) is 2.58. The van der Waals surface area contributed by atoms with E-state index in [-0.39, 0.29) is 0 Å². The quantitative estimate of drug-likeness (QED) is 0.807. The van der Waals surface area contributed by atoms with Crippen LogP contribution in [0.4, 0.5) is 5.69 Å². The van der Waals surface area contributed by atoms with Crippen LogP contribution >= 0.6 is 0 Å². The Morgan fingerprint density at radius 3 is 2.79 bits per heavy atom. The molecule has 1 aromatic rings. The van der Waals surface area contributed by atoms with Crippen LogP contribution < -0.4 is 5.32 Å². The molecule has 0 bridgehead atoms. The van der Waals surface area contributed by atoms with Gasteiger partial charge in [-0.1, -0.05) is 18.2 Å². The summed E-state index contributed by atoms with van der Waals surface area (Å²) in [4.78, 5) is 0. The monoisotopic (exact) mass is 209 g/mol. The molecule has 0 aromatic heterocycles. The van der Waals surface area contributed by atoms with Crippen molar-refractivity contribution in [1.82, 2.24) is 0 Å². The van der Waals surface area contributed by atoms with Crippen molar-refractivity contribution in [2.75, 3.05) is 16.8 Å². The fourth-order valence-electron chi connectivity index (χ4n) is 1.77. The summed E-state index contributed by atoms with van der Waals surface area (Å²) >= 11 is 0. The number of hydrogen-bond donors (Lipinski definition) is 1. The van der Waals surface area contributed by atoms with Crippen LogP contribution in [-0.4, -0.2) is 21.8 Å². The van der Waals surface area contributed by atoms with E-state index in [1.54, 1.807) is 0 Å². The van der Waals surface area contributed by atoms with E-state index in [1.807, 2.05) is 18.2 Å². The smallest absolute Gasteiger partial charge is 0.0437 e. The molecule has 2 rings (SSSR count). The van der Waals surface area contributed by atoms with Crippen LogP contribution in [0.25, 0.3) is 0 Å². The van der Waals surface area contributed by atoms with Crippen LogP contribution in [0.2, 0.25) is 0 Å². The number of anilines is 1. The van der Waals surface area contributed by atoms with Gasteiger partial charge in [-0.2, -0.15) is 0 Å². The molecule has 0 spiro atoms. The fraction of sp³-hybridized carbons (Fsp3) is 0.455. The first-order chi connectivity index (χ1) is 6.84. The van der Waals surface area contributed by atoms with E-state index in [4.69, 9.17) is 0 Å². The topological polar surface area (TPSA) is 29.1 Å². The summed E-state index contributed by atoms with van der Waals surface area (Å²) in [7, 11) is -0.606. The number of hydrogen-bond acceptors (Lipinski definition) is 2. The van der Waals surface area contributed by atoms with Crippen LogP contribution in [0.5, 0.6) is 0 Å². The lowest BCUT2D eigenvalue weighted by Crippen LogP contribution is -2.31. The Hall–Kier alpha value is -0.830. The molecule has 1 saturated heterocycles. The maximum atomic E-state index is 11.3. The summed E-state index contributed by atoms with van der Waals surface area (Å²) in [6, 6.07) is 10.5. The fourth-order valence-corrected chi connectivity index (χ4v) is 3.12. The largest absolute Gasteiger partial charge is 0.381 e. The van der Waals surface area contributed by atoms with E-state index in [9.17, 15) is 4.21 Å². The predicted molar refractivity (Wildman–Crippen MR) is 61.0 cm³/mol. The van der Waals surface area contributed by atoms with Crippen molar-refractivity contribution in [3.8, 4) is 0 Å². The molecule has 1 N–H and O–H groups in total. The van der Waals surface area contributed by atoms with Gasteiger partial charge in [-0.3, -0.25) is 4.21 Å². The first kappa shape index (κ1) is 9.71. The predicted octanol–water partition coefficient (Wildman–Crippen LogP) is 2.01. The van der Waals surface area contributed by atoms with Gasteiger partial charge in [-0.15, -0.1) is 0 Å². The third-order valence-corrected chi connectivity index (χ3v) is 3.97. The summed E-state index contributed by atoms with van der Waals surface area (Å²) in [5, 5.41) is 3.42. The van der Waals surface area contributed by atoms with Crippen LogP contribution in [0.3, 0.4) is 0 Å². The average Bonchev–Trinajstić information content (AvgIpc) is 2.19. The molecule has 0 amide bonds. The van der Waals surface area contributed by atoms with Crippen LogP contribution in [0.15, 0.2) is 30.3 Å². The maximum absolute atomic E-state index is 11.3. The Morgan fingerprint density at radius 1 is 1.29 bits per heavy atom. The highest BCUT2D eigenvalue weighted by molar-refractivity contribution is 7.85. The highest BCUT2D eigenvalue weighted by atomic mass is 32.2. The van der Waals surface area contributed by atoms with Gasteiger partial charge in [-0.25, -0.2) is 0 Å². The molecule has 1 heterocycles. The van der Waals surface area contributed by atoms with Crippen molar-refractivity contribution in [1.29, 1.82) is 0 Å². The summed E-state index contributed by atoms with van der Waals surface area (Å²) < 4.78 is 11.3. The van der Waals surface area contributed by atoms with Crippen LogP contribution in [-0.2, 0) is 10.8 Å². The molecule has 0 radical (unpaired) electrons. The molecule has 1 fully saturated rings. The van der Waals surface area contributed by atoms with Gasteiger partial charge >= 0.3 is 0 Å². The molecule has 14 heavy (non-hydrogen) atoms. The molecule has 76 valence electrons. The van der Waals surface area contributed by atoms with Gasteiger partial charge in [0.15, 0.2) is 0 Å². The molecule has 1 aromatic carbocycles. The Morgan fingerprint density at radius 2 is 2.07 bits per heavy atom. The number of rotatable bonds is 2. The van der Waals surface area contributed by atoms with Crippen molar-refractivity contribution >= 4 is 16.5 Å². The van der Waals surface area contributed by atoms with Crippen LogP contribution in [0, 0.1) is 0 Å². The summed E-state index contributed by atoms with van der Waals surface area (Å²) in [5.74, 6) is 1.68. The zero-order valence-corrected chi connectivity index (χ0v) is 8.93. The first-order valence-electron chi connectivity index (χ1n) is 5.01. The first-order valence-corrected chi connectivity index (χ1v) is 6.50. The Kier molecular flexibility index (Phi) is 3.19. The summed E-state index contributed by atoms with van der Waals surface area (Å²) in [5.41, 5.74) is 1.14. The second-order valence-corrected chi connectivity index (χ2v) is 5.28. The van der Waals surface area contributed by atoms with E-state index in [0.717, 1.165) is 30.0 Å². The maximum Gasteiger partial charge on any atom is 0.0437 e. The summed E-state index contributed by atoms with van der Waals surface area (Å²) in [6.07, 6.45) is 2.22. The molecule has 0 aliphatic carbocycles. The molecule has 2 atom stereocenters. The molecular weight excluding hydrogens is 194 g/mol. The van der Waals surface area contributed by atoms with E-state index in [2.05, 4.69) is 17.4 Å². The van der Waals surface area contributed by atoms with E-state index in [1.165, 1.54) is 0 Å². The van der Waals surface area contributed by atoms with Crippen molar-refractivity contribution in [2.45, 2.75) is 18.9 Å². The van der Waals surface area contributed by atoms with Gasteiger partial charge in [0, 0.05) is 34.0 Å². The zero-order valence-electron chi connectivity index (χ0n) is 8.11. The van der Waals surface area contributed by atoms with Crippen molar-refractivity contribution in [3.63, 3.8) is 0 Å². The van der Waals surface area contributed by atoms with Crippen molar-refractivity contribution in [3.05, 3.63) is 30.3 Å². The standard InChI is InChI=1S/C11H15NOS/c13-14-8-4-7-11(9-14)12-10-5-2-1-3-6-10/h1-3,5-6,11-12H,4,7-9H2. The van der Waals surface area contributed by atoms with E-state index in [0.29, 0.717) is 6.04 Å². The second-order valence-electron chi connectivity index (χ2n) is 3.66. The molecule has 1 aliphatic heterocycles. The number of benzene rings is 1. The van der Waals surface area contributed by atoms with Crippen LogP contribution in [0.1, 0.15) is 12.8 Å². The molecule has 1 aliphatic rings. The molecule has 0 saturated carbocycles. The number of para-hydroxylation sites is 1. The normalized spacial score (nSPS) is 27.1. The molecule has 2 nitrogen and oxygen atoms in total. The second kappa shape index (κ2) is 4.60. The molecular formula is C11H15NOS. The third-order valence-electron chi connectivity index (χ3n) is 2.46. The SMILES string of the molecule is O=S1CCCC(Nc2ccccc2)C1. The minimum Gasteiger partial charge on any atom is -0.381 e. The minimum atomic E-state index is -0.606. The van der Waals surface area contributed by atoms with E-state index >= 15 is 0 Å². The lowest BCUT2D eigenvalue weighted by molar-refractivity contribution is 0.632. The Labute approximate surface area is 87.2 Å². The minimum absolute atomic E-state index is 0.395.